The number of hydrogen-bond donors (Lipinski definition) is 0. The number of likely N-dealkylation sites (N-methyl/N-ethyl adjacent to an activating group) is 1. The Morgan fingerprint density at radius 3 is 2.74 bits per heavy atom. The van der Waals surface area contributed by atoms with Crippen LogP contribution in [0.25, 0.3) is 0 Å². The maximum atomic E-state index is 13.0. The molecule has 0 bridgehead atoms. The Kier molecular flexibility index (Phi) is 4.11. The third kappa shape index (κ3) is 2.83. The van der Waals surface area contributed by atoms with Crippen molar-refractivity contribution < 1.29 is 9.21 Å². The van der Waals surface area contributed by atoms with Crippen LogP contribution < -0.4 is 4.90 Å². The SMILES string of the molecule is CCC1CN(C)c2ccccc2CN1C(=O)c1oc(C)nc1C. The van der Waals surface area contributed by atoms with Crippen molar-refractivity contribution in [2.75, 3.05) is 18.5 Å². The molecule has 0 spiro atoms. The average molecular weight is 313 g/mol. The molecule has 1 aliphatic rings. The predicted octanol–water partition coefficient (Wildman–Crippen LogP) is 3.16. The van der Waals surface area contributed by atoms with Crippen LogP contribution in [0.1, 0.15) is 41.0 Å². The van der Waals surface area contributed by atoms with Gasteiger partial charge >= 0.3 is 0 Å². The first kappa shape index (κ1) is 15.6. The van der Waals surface area contributed by atoms with Crippen LogP contribution in [0, 0.1) is 13.8 Å². The van der Waals surface area contributed by atoms with Crippen molar-refractivity contribution in [1.29, 1.82) is 0 Å². The summed E-state index contributed by atoms with van der Waals surface area (Å²) in [5.74, 6) is 0.828. The van der Waals surface area contributed by atoms with Gasteiger partial charge in [0.15, 0.2) is 5.89 Å². The molecule has 1 unspecified atom stereocenters. The maximum Gasteiger partial charge on any atom is 0.292 e. The molecule has 0 saturated heterocycles. The quantitative estimate of drug-likeness (QED) is 0.854. The van der Waals surface area contributed by atoms with Crippen LogP contribution in [0.4, 0.5) is 5.69 Å². The van der Waals surface area contributed by atoms with Gasteiger partial charge < -0.3 is 14.2 Å². The summed E-state index contributed by atoms with van der Waals surface area (Å²) in [5, 5.41) is 0. The van der Waals surface area contributed by atoms with Crippen molar-refractivity contribution in [3.63, 3.8) is 0 Å². The number of carbonyl (C=O) groups excluding carboxylic acids is 1. The summed E-state index contributed by atoms with van der Waals surface area (Å²) in [6.45, 7) is 7.12. The largest absolute Gasteiger partial charge is 0.436 e. The molecule has 1 aromatic heterocycles. The first-order chi connectivity index (χ1) is 11.0. The number of para-hydroxylation sites is 1. The molecule has 2 heterocycles. The number of fused-ring (bicyclic) bond motifs is 1. The molecule has 0 saturated carbocycles. The Hall–Kier alpha value is -2.30. The van der Waals surface area contributed by atoms with Gasteiger partial charge in [0.2, 0.25) is 5.76 Å². The summed E-state index contributed by atoms with van der Waals surface area (Å²) < 4.78 is 5.56. The smallest absolute Gasteiger partial charge is 0.292 e. The van der Waals surface area contributed by atoms with Gasteiger partial charge in [0.05, 0.1) is 5.69 Å². The van der Waals surface area contributed by atoms with E-state index in [-0.39, 0.29) is 11.9 Å². The molecule has 3 rings (SSSR count). The van der Waals surface area contributed by atoms with Gasteiger partial charge in [-0.3, -0.25) is 4.79 Å². The van der Waals surface area contributed by atoms with E-state index in [1.165, 1.54) is 5.69 Å². The number of nitrogens with zero attached hydrogens (tertiary/aromatic N) is 3. The lowest BCUT2D eigenvalue weighted by Crippen LogP contribution is -2.43. The molecule has 1 amide bonds. The normalized spacial score (nSPS) is 17.8. The Labute approximate surface area is 136 Å². The fraction of sp³-hybridized carbons (Fsp3) is 0.444. The minimum atomic E-state index is -0.0694. The fourth-order valence-corrected chi connectivity index (χ4v) is 3.29. The zero-order chi connectivity index (χ0) is 16.6. The highest BCUT2D eigenvalue weighted by Gasteiger charge is 2.31. The van der Waals surface area contributed by atoms with Crippen LogP contribution >= 0.6 is 0 Å². The minimum Gasteiger partial charge on any atom is -0.436 e. The van der Waals surface area contributed by atoms with E-state index in [2.05, 4.69) is 36.0 Å². The third-order valence-electron chi connectivity index (χ3n) is 4.50. The molecule has 5 nitrogen and oxygen atoms in total. The van der Waals surface area contributed by atoms with Crippen molar-refractivity contribution in [2.45, 2.75) is 39.8 Å². The lowest BCUT2D eigenvalue weighted by molar-refractivity contribution is 0.0632. The third-order valence-corrected chi connectivity index (χ3v) is 4.50. The van der Waals surface area contributed by atoms with E-state index in [9.17, 15) is 4.79 Å². The molecule has 1 aromatic carbocycles. The van der Waals surface area contributed by atoms with Crippen molar-refractivity contribution in [2.24, 2.45) is 0 Å². The first-order valence-electron chi connectivity index (χ1n) is 8.05. The summed E-state index contributed by atoms with van der Waals surface area (Å²) in [6.07, 6.45) is 0.899. The summed E-state index contributed by atoms with van der Waals surface area (Å²) in [5.41, 5.74) is 3.01. The van der Waals surface area contributed by atoms with Gasteiger partial charge in [-0.2, -0.15) is 0 Å². The van der Waals surface area contributed by atoms with Gasteiger partial charge in [0.25, 0.3) is 5.91 Å². The van der Waals surface area contributed by atoms with E-state index in [0.717, 1.165) is 18.5 Å². The van der Waals surface area contributed by atoms with Gasteiger partial charge in [-0.25, -0.2) is 4.98 Å². The number of anilines is 1. The second-order valence-electron chi connectivity index (χ2n) is 6.15. The molecule has 0 N–H and O–H groups in total. The van der Waals surface area contributed by atoms with E-state index in [0.29, 0.717) is 23.9 Å². The summed E-state index contributed by atoms with van der Waals surface area (Å²) in [7, 11) is 2.08. The van der Waals surface area contributed by atoms with Crippen molar-refractivity contribution in [3.05, 3.63) is 47.2 Å². The Balaban J connectivity index is 1.99. The fourth-order valence-electron chi connectivity index (χ4n) is 3.29. The van der Waals surface area contributed by atoms with Gasteiger partial charge in [-0.05, 0) is 25.0 Å². The van der Waals surface area contributed by atoms with Crippen LogP contribution in [-0.4, -0.2) is 35.4 Å². The van der Waals surface area contributed by atoms with E-state index in [4.69, 9.17) is 4.42 Å². The van der Waals surface area contributed by atoms with Crippen LogP contribution in [0.5, 0.6) is 0 Å². The number of aromatic nitrogens is 1. The van der Waals surface area contributed by atoms with E-state index in [1.54, 1.807) is 6.92 Å². The van der Waals surface area contributed by atoms with Crippen molar-refractivity contribution in [1.82, 2.24) is 9.88 Å². The van der Waals surface area contributed by atoms with Gasteiger partial charge in [0, 0.05) is 38.8 Å². The standard InChI is InChI=1S/C18H23N3O2/c1-5-15-11-20(4)16-9-7-6-8-14(16)10-21(15)18(22)17-12(2)19-13(3)23-17/h6-9,15H,5,10-11H2,1-4H3. The predicted molar refractivity (Wildman–Crippen MR) is 89.6 cm³/mol. The number of aryl methyl sites for hydroxylation is 2. The topological polar surface area (TPSA) is 49.6 Å². The highest BCUT2D eigenvalue weighted by molar-refractivity contribution is 5.93. The van der Waals surface area contributed by atoms with Crippen LogP contribution in [-0.2, 0) is 6.54 Å². The molecule has 1 aliphatic heterocycles. The molecule has 1 atom stereocenters. The highest BCUT2D eigenvalue weighted by Crippen LogP contribution is 2.28. The molecule has 0 radical (unpaired) electrons. The average Bonchev–Trinajstić information content (AvgIpc) is 2.80. The van der Waals surface area contributed by atoms with E-state index < -0.39 is 0 Å². The lowest BCUT2D eigenvalue weighted by Gasteiger charge is -2.30. The Bertz CT molecular complexity index is 723. The summed E-state index contributed by atoms with van der Waals surface area (Å²) in [4.78, 5) is 21.4. The zero-order valence-electron chi connectivity index (χ0n) is 14.2. The molecule has 0 fully saturated rings. The van der Waals surface area contributed by atoms with E-state index >= 15 is 0 Å². The monoisotopic (exact) mass is 313 g/mol. The van der Waals surface area contributed by atoms with Gasteiger partial charge in [-0.1, -0.05) is 25.1 Å². The Morgan fingerprint density at radius 2 is 2.09 bits per heavy atom. The van der Waals surface area contributed by atoms with Crippen LogP contribution in [0.15, 0.2) is 28.7 Å². The number of hydrogen-bond acceptors (Lipinski definition) is 4. The number of rotatable bonds is 2. The molecular weight excluding hydrogens is 290 g/mol. The van der Waals surface area contributed by atoms with E-state index in [1.807, 2.05) is 24.0 Å². The number of amides is 1. The second-order valence-corrected chi connectivity index (χ2v) is 6.15. The molecule has 0 aliphatic carbocycles. The molecule has 23 heavy (non-hydrogen) atoms. The van der Waals surface area contributed by atoms with Crippen LogP contribution in [0.2, 0.25) is 0 Å². The Morgan fingerprint density at radius 1 is 1.35 bits per heavy atom. The summed E-state index contributed by atoms with van der Waals surface area (Å²) >= 11 is 0. The maximum absolute atomic E-state index is 13.0. The van der Waals surface area contributed by atoms with Crippen molar-refractivity contribution in [3.8, 4) is 0 Å². The molecule has 5 heteroatoms. The number of carbonyl (C=O) groups is 1. The molecule has 2 aromatic rings. The number of oxazole rings is 1. The molecular formula is C18H23N3O2. The highest BCUT2D eigenvalue weighted by atomic mass is 16.4. The van der Waals surface area contributed by atoms with Crippen LogP contribution in [0.3, 0.4) is 0 Å². The summed E-state index contributed by atoms with van der Waals surface area (Å²) in [6, 6.07) is 8.40. The van der Waals surface area contributed by atoms with Gasteiger partial charge in [-0.15, -0.1) is 0 Å². The zero-order valence-corrected chi connectivity index (χ0v) is 14.2. The second kappa shape index (κ2) is 6.07. The van der Waals surface area contributed by atoms with Gasteiger partial charge in [0.1, 0.15) is 0 Å². The lowest BCUT2D eigenvalue weighted by atomic mass is 10.1. The van der Waals surface area contributed by atoms with Crippen molar-refractivity contribution >= 4 is 11.6 Å². The first-order valence-corrected chi connectivity index (χ1v) is 8.05. The molecule has 122 valence electrons. The minimum absolute atomic E-state index is 0.0694. The number of benzene rings is 1.